The van der Waals surface area contributed by atoms with E-state index in [-0.39, 0.29) is 12.5 Å². The van der Waals surface area contributed by atoms with Crippen LogP contribution in [0, 0.1) is 5.92 Å². The molecule has 0 saturated carbocycles. The van der Waals surface area contributed by atoms with Crippen LogP contribution in [0.15, 0.2) is 16.7 Å². The Morgan fingerprint density at radius 3 is 3.21 bits per heavy atom. The number of nitrogens with two attached hydrogens (primary N) is 1. The lowest BCUT2D eigenvalue weighted by atomic mass is 9.95. The summed E-state index contributed by atoms with van der Waals surface area (Å²) in [6.45, 7) is 2.77. The first-order valence-electron chi connectivity index (χ1n) is 6.65. The second kappa shape index (κ2) is 6.70. The van der Waals surface area contributed by atoms with Crippen LogP contribution in [0.1, 0.15) is 35.4 Å². The molecule has 2 rings (SSSR count). The number of hydrogen-bond acceptors (Lipinski definition) is 5. The van der Waals surface area contributed by atoms with Crippen molar-refractivity contribution in [1.29, 1.82) is 0 Å². The first-order valence-corrected chi connectivity index (χ1v) is 6.65. The maximum atomic E-state index is 11.6. The van der Waals surface area contributed by atoms with Crippen molar-refractivity contribution in [2.45, 2.75) is 25.8 Å². The Morgan fingerprint density at radius 1 is 1.63 bits per heavy atom. The zero-order valence-corrected chi connectivity index (χ0v) is 11.0. The lowest BCUT2D eigenvalue weighted by molar-refractivity contribution is 0.0946. The fraction of sp³-hybridized carbons (Fsp3) is 0.615. The highest BCUT2D eigenvalue weighted by Crippen LogP contribution is 2.22. The van der Waals surface area contributed by atoms with E-state index in [1.807, 2.05) is 0 Å². The monoisotopic (exact) mass is 267 g/mol. The number of rotatable bonds is 5. The number of nitrogens with zero attached hydrogens (tertiary/aromatic N) is 1. The van der Waals surface area contributed by atoms with Crippen molar-refractivity contribution in [1.82, 2.24) is 10.3 Å². The maximum Gasteiger partial charge on any atom is 0.268 e. The van der Waals surface area contributed by atoms with Gasteiger partial charge in [-0.15, -0.1) is 0 Å². The van der Waals surface area contributed by atoms with Crippen LogP contribution < -0.4 is 11.3 Å². The molecule has 1 aliphatic rings. The predicted molar refractivity (Wildman–Crippen MR) is 70.1 cm³/mol. The summed E-state index contributed by atoms with van der Waals surface area (Å²) in [5, 5.41) is 9.01. The Morgan fingerprint density at radius 2 is 2.47 bits per heavy atom. The van der Waals surface area contributed by atoms with Crippen LogP contribution in [0.4, 0.5) is 0 Å². The smallest absolute Gasteiger partial charge is 0.268 e. The highest BCUT2D eigenvalue weighted by molar-refractivity contribution is 5.94. The van der Waals surface area contributed by atoms with Crippen molar-refractivity contribution in [2.75, 3.05) is 19.7 Å². The minimum Gasteiger partial charge on any atom is -0.467 e. The number of carbonyl (C=O) groups excluding carboxylic acids is 1. The molecule has 0 radical (unpaired) electrons. The van der Waals surface area contributed by atoms with Gasteiger partial charge in [0, 0.05) is 13.2 Å². The van der Waals surface area contributed by atoms with E-state index in [0.717, 1.165) is 32.4 Å². The van der Waals surface area contributed by atoms with Crippen LogP contribution in [0.5, 0.6) is 0 Å². The Balaban J connectivity index is 1.97. The summed E-state index contributed by atoms with van der Waals surface area (Å²) < 4.78 is 5.38. The van der Waals surface area contributed by atoms with Crippen molar-refractivity contribution in [3.8, 4) is 0 Å². The molecule has 1 amide bonds. The Labute approximate surface area is 112 Å². The van der Waals surface area contributed by atoms with Gasteiger partial charge in [0.05, 0.1) is 18.4 Å². The predicted octanol–water partition coefficient (Wildman–Crippen LogP) is 0.477. The fourth-order valence-electron chi connectivity index (χ4n) is 2.66. The van der Waals surface area contributed by atoms with Gasteiger partial charge in [0.1, 0.15) is 5.76 Å². The van der Waals surface area contributed by atoms with Crippen molar-refractivity contribution in [3.63, 3.8) is 0 Å². The van der Waals surface area contributed by atoms with E-state index in [4.69, 9.17) is 15.4 Å². The molecule has 0 aliphatic carbocycles. The summed E-state index contributed by atoms with van der Waals surface area (Å²) in [6, 6.07) is 1.63. The van der Waals surface area contributed by atoms with Gasteiger partial charge < -0.3 is 9.52 Å². The molecule has 1 atom stereocenters. The molecule has 106 valence electrons. The minimum atomic E-state index is -0.326. The largest absolute Gasteiger partial charge is 0.467 e. The van der Waals surface area contributed by atoms with Crippen LogP contribution in [0.3, 0.4) is 0 Å². The number of hydrazine groups is 1. The van der Waals surface area contributed by atoms with Gasteiger partial charge in [0.25, 0.3) is 5.91 Å². The Bertz CT molecular complexity index is 417. The summed E-state index contributed by atoms with van der Waals surface area (Å²) >= 11 is 0. The normalized spacial score (nSPS) is 20.4. The number of aliphatic hydroxyl groups excluding tert-OH is 1. The summed E-state index contributed by atoms with van der Waals surface area (Å²) in [5.74, 6) is 5.99. The molecule has 6 nitrogen and oxygen atoms in total. The summed E-state index contributed by atoms with van der Waals surface area (Å²) in [5.41, 5.74) is 2.62. The van der Waals surface area contributed by atoms with E-state index >= 15 is 0 Å². The lowest BCUT2D eigenvalue weighted by Crippen LogP contribution is -2.36. The minimum absolute atomic E-state index is 0.236. The van der Waals surface area contributed by atoms with Crippen LogP contribution >= 0.6 is 0 Å². The molecule has 1 aliphatic heterocycles. The highest BCUT2D eigenvalue weighted by atomic mass is 16.3. The molecule has 2 heterocycles. The van der Waals surface area contributed by atoms with E-state index in [0.29, 0.717) is 23.8 Å². The van der Waals surface area contributed by atoms with Crippen molar-refractivity contribution in [2.24, 2.45) is 11.8 Å². The number of amides is 1. The highest BCUT2D eigenvalue weighted by Gasteiger charge is 2.22. The molecule has 0 aromatic carbocycles. The first-order chi connectivity index (χ1) is 9.24. The van der Waals surface area contributed by atoms with Crippen molar-refractivity contribution < 1.29 is 14.3 Å². The van der Waals surface area contributed by atoms with Crippen LogP contribution in [0.2, 0.25) is 0 Å². The quantitative estimate of drug-likeness (QED) is 0.410. The summed E-state index contributed by atoms with van der Waals surface area (Å²) in [6.07, 6.45) is 4.62. The van der Waals surface area contributed by atoms with Crippen molar-refractivity contribution in [3.05, 3.63) is 23.7 Å². The third kappa shape index (κ3) is 3.56. The molecule has 19 heavy (non-hydrogen) atoms. The standard InChI is InChI=1S/C13H21N3O3/c14-15-13(18)11-4-7-19-12(11)9-16-5-1-2-10(8-16)3-6-17/h4,7,10,17H,1-3,5-6,8-9,14H2,(H,15,18). The van der Waals surface area contributed by atoms with Crippen LogP contribution in [-0.2, 0) is 6.54 Å². The average molecular weight is 267 g/mol. The Hall–Kier alpha value is -1.37. The molecule has 4 N–H and O–H groups in total. The first kappa shape index (κ1) is 14.0. The van der Waals surface area contributed by atoms with E-state index in [9.17, 15) is 4.79 Å². The van der Waals surface area contributed by atoms with E-state index in [1.54, 1.807) is 6.07 Å². The number of nitrogens with one attached hydrogen (secondary N) is 1. The fourth-order valence-corrected chi connectivity index (χ4v) is 2.66. The third-order valence-corrected chi connectivity index (χ3v) is 3.63. The lowest BCUT2D eigenvalue weighted by Gasteiger charge is -2.31. The Kier molecular flexibility index (Phi) is 4.95. The number of aliphatic hydroxyl groups is 1. The van der Waals surface area contributed by atoms with Gasteiger partial charge in [-0.3, -0.25) is 15.1 Å². The zero-order chi connectivity index (χ0) is 13.7. The molecule has 6 heteroatoms. The maximum absolute atomic E-state index is 11.6. The molecular weight excluding hydrogens is 246 g/mol. The second-order valence-electron chi connectivity index (χ2n) is 4.99. The zero-order valence-electron chi connectivity index (χ0n) is 11.0. The van der Waals surface area contributed by atoms with Gasteiger partial charge in [-0.1, -0.05) is 0 Å². The number of hydrogen-bond donors (Lipinski definition) is 3. The molecule has 1 fully saturated rings. The van der Waals surface area contributed by atoms with Gasteiger partial charge in [-0.2, -0.15) is 0 Å². The number of likely N-dealkylation sites (tertiary alicyclic amines) is 1. The molecule has 1 aromatic rings. The van der Waals surface area contributed by atoms with Gasteiger partial charge in [0.2, 0.25) is 0 Å². The number of nitrogen functional groups attached to an aromatic ring is 1. The summed E-state index contributed by atoms with van der Waals surface area (Å²) in [4.78, 5) is 13.8. The van der Waals surface area contributed by atoms with Gasteiger partial charge in [-0.25, -0.2) is 5.84 Å². The topological polar surface area (TPSA) is 91.7 Å². The van der Waals surface area contributed by atoms with E-state index in [1.165, 1.54) is 6.26 Å². The molecule has 1 saturated heterocycles. The van der Waals surface area contributed by atoms with Crippen LogP contribution in [0.25, 0.3) is 0 Å². The molecule has 1 aromatic heterocycles. The number of furan rings is 1. The SMILES string of the molecule is NNC(=O)c1ccoc1CN1CCCC(CCO)C1. The number of piperidine rings is 1. The molecule has 0 spiro atoms. The third-order valence-electron chi connectivity index (χ3n) is 3.63. The van der Waals surface area contributed by atoms with Crippen molar-refractivity contribution >= 4 is 5.91 Å². The molecule has 1 unspecified atom stereocenters. The van der Waals surface area contributed by atoms with E-state index in [2.05, 4.69) is 10.3 Å². The van der Waals surface area contributed by atoms with Gasteiger partial charge in [-0.05, 0) is 37.8 Å². The van der Waals surface area contributed by atoms with Gasteiger partial charge >= 0.3 is 0 Å². The van der Waals surface area contributed by atoms with Gasteiger partial charge in [0.15, 0.2) is 0 Å². The molecular formula is C13H21N3O3. The number of carbonyl (C=O) groups is 1. The average Bonchev–Trinajstić information content (AvgIpc) is 2.87. The van der Waals surface area contributed by atoms with Crippen LogP contribution in [-0.4, -0.2) is 35.6 Å². The second-order valence-corrected chi connectivity index (χ2v) is 4.99. The summed E-state index contributed by atoms with van der Waals surface area (Å²) in [7, 11) is 0. The van der Waals surface area contributed by atoms with E-state index < -0.39 is 0 Å². The molecule has 0 bridgehead atoms.